The normalized spacial score (nSPS) is 14.0. The molecule has 0 unspecified atom stereocenters. The maximum atomic E-state index is 13.1. The van der Waals surface area contributed by atoms with Gasteiger partial charge < -0.3 is 5.73 Å². The maximum Gasteiger partial charge on any atom is 0.416 e. The summed E-state index contributed by atoms with van der Waals surface area (Å²) in [7, 11) is 0. The molecule has 0 aliphatic carbocycles. The van der Waals surface area contributed by atoms with Crippen molar-refractivity contribution in [2.45, 2.75) is 12.2 Å². The molecule has 1 rings (SSSR count). The van der Waals surface area contributed by atoms with Gasteiger partial charge in [0.05, 0.1) is 11.6 Å². The lowest BCUT2D eigenvalue weighted by Crippen LogP contribution is -2.15. The van der Waals surface area contributed by atoms with Crippen LogP contribution in [0.1, 0.15) is 17.2 Å². The Kier molecular flexibility index (Phi) is 3.28. The number of nitrogens with two attached hydrogens (primary N) is 1. The number of halogens is 5. The maximum absolute atomic E-state index is 13.1. The second kappa shape index (κ2) is 4.14. The van der Waals surface area contributed by atoms with Crippen LogP contribution in [-0.4, -0.2) is 6.67 Å². The minimum atomic E-state index is -4.61. The van der Waals surface area contributed by atoms with E-state index in [1.54, 1.807) is 0 Å². The van der Waals surface area contributed by atoms with Gasteiger partial charge in [0, 0.05) is 5.56 Å². The van der Waals surface area contributed by atoms with E-state index in [1.165, 1.54) is 0 Å². The number of hydrogen-bond acceptors (Lipinski definition) is 1. The summed E-state index contributed by atoms with van der Waals surface area (Å²) in [5.74, 6) is -1.14. The minimum Gasteiger partial charge on any atom is -0.322 e. The molecule has 15 heavy (non-hydrogen) atoms. The molecule has 0 aliphatic rings. The predicted molar refractivity (Wildman–Crippen MR) is 44.3 cm³/mol. The van der Waals surface area contributed by atoms with E-state index in [2.05, 4.69) is 0 Å². The molecule has 6 heteroatoms. The van der Waals surface area contributed by atoms with Gasteiger partial charge in [-0.2, -0.15) is 13.2 Å². The third-order valence-electron chi connectivity index (χ3n) is 1.89. The molecular formula is C9H8F5N. The van der Waals surface area contributed by atoms with E-state index < -0.39 is 30.3 Å². The fourth-order valence-electron chi connectivity index (χ4n) is 1.09. The zero-order chi connectivity index (χ0) is 11.6. The Morgan fingerprint density at radius 1 is 1.27 bits per heavy atom. The van der Waals surface area contributed by atoms with E-state index in [0.717, 1.165) is 6.07 Å². The number of alkyl halides is 4. The molecular weight excluding hydrogens is 217 g/mol. The molecule has 0 amide bonds. The number of hydrogen-bond donors (Lipinski definition) is 1. The van der Waals surface area contributed by atoms with Gasteiger partial charge in [0.15, 0.2) is 0 Å². The third-order valence-corrected chi connectivity index (χ3v) is 1.89. The smallest absolute Gasteiger partial charge is 0.322 e. The van der Waals surface area contributed by atoms with Crippen LogP contribution in [0.4, 0.5) is 22.0 Å². The summed E-state index contributed by atoms with van der Waals surface area (Å²) in [5.41, 5.74) is 3.78. The summed E-state index contributed by atoms with van der Waals surface area (Å²) in [6, 6.07) is 0.605. The van der Waals surface area contributed by atoms with Gasteiger partial charge in [0.2, 0.25) is 0 Å². The average molecular weight is 225 g/mol. The summed E-state index contributed by atoms with van der Waals surface area (Å²) in [6.45, 7) is -1.03. The lowest BCUT2D eigenvalue weighted by molar-refractivity contribution is -0.137. The van der Waals surface area contributed by atoms with E-state index in [9.17, 15) is 22.0 Å². The lowest BCUT2D eigenvalue weighted by Gasteiger charge is -2.11. The van der Waals surface area contributed by atoms with Crippen molar-refractivity contribution in [1.82, 2.24) is 0 Å². The molecule has 1 nitrogen and oxygen atoms in total. The Hall–Kier alpha value is -1.17. The molecule has 0 saturated carbocycles. The van der Waals surface area contributed by atoms with E-state index in [4.69, 9.17) is 5.73 Å². The summed E-state index contributed by atoms with van der Waals surface area (Å²) in [6.07, 6.45) is -4.61. The Morgan fingerprint density at radius 3 is 2.27 bits per heavy atom. The molecule has 0 bridgehead atoms. The highest BCUT2D eigenvalue weighted by molar-refractivity contribution is 5.28. The first-order valence-corrected chi connectivity index (χ1v) is 4.04. The van der Waals surface area contributed by atoms with Crippen LogP contribution in [0.5, 0.6) is 0 Å². The molecule has 1 atom stereocenters. The summed E-state index contributed by atoms with van der Waals surface area (Å²) in [5, 5.41) is 0. The predicted octanol–water partition coefficient (Wildman–Crippen LogP) is 2.81. The second-order valence-corrected chi connectivity index (χ2v) is 2.99. The van der Waals surface area contributed by atoms with Gasteiger partial charge in [-0.3, -0.25) is 0 Å². The first-order chi connectivity index (χ1) is 6.86. The van der Waals surface area contributed by atoms with Gasteiger partial charge in [-0.1, -0.05) is 6.07 Å². The van der Waals surface area contributed by atoms with Crippen molar-refractivity contribution < 1.29 is 22.0 Å². The van der Waals surface area contributed by atoms with E-state index in [0.29, 0.717) is 12.1 Å². The SMILES string of the molecule is N[C@@H](CF)c1ccc(C(F)(F)F)cc1F. The van der Waals surface area contributed by atoms with Crippen molar-refractivity contribution >= 4 is 0 Å². The van der Waals surface area contributed by atoms with Crippen molar-refractivity contribution in [3.63, 3.8) is 0 Å². The highest BCUT2D eigenvalue weighted by atomic mass is 19.4. The highest BCUT2D eigenvalue weighted by Crippen LogP contribution is 2.31. The number of rotatable bonds is 2. The molecule has 0 aliphatic heterocycles. The average Bonchev–Trinajstić information content (AvgIpc) is 2.15. The van der Waals surface area contributed by atoms with Crippen LogP contribution in [-0.2, 0) is 6.18 Å². The Morgan fingerprint density at radius 2 is 1.87 bits per heavy atom. The van der Waals surface area contributed by atoms with Crippen molar-refractivity contribution in [1.29, 1.82) is 0 Å². The van der Waals surface area contributed by atoms with Crippen molar-refractivity contribution in [3.05, 3.63) is 35.1 Å². The molecule has 2 N–H and O–H groups in total. The molecule has 0 heterocycles. The van der Waals surface area contributed by atoms with Crippen LogP contribution in [0.3, 0.4) is 0 Å². The fourth-order valence-corrected chi connectivity index (χ4v) is 1.09. The molecule has 0 saturated heterocycles. The third kappa shape index (κ3) is 2.65. The van der Waals surface area contributed by atoms with Crippen molar-refractivity contribution in [2.24, 2.45) is 5.73 Å². The topological polar surface area (TPSA) is 26.0 Å². The van der Waals surface area contributed by atoms with Gasteiger partial charge >= 0.3 is 6.18 Å². The summed E-state index contributed by atoms with van der Waals surface area (Å²) < 4.78 is 61.5. The Labute approximate surface area is 82.7 Å². The molecule has 84 valence electrons. The van der Waals surface area contributed by atoms with Crippen molar-refractivity contribution in [3.8, 4) is 0 Å². The van der Waals surface area contributed by atoms with Gasteiger partial charge in [0.25, 0.3) is 0 Å². The van der Waals surface area contributed by atoms with Gasteiger partial charge in [-0.05, 0) is 12.1 Å². The van der Waals surface area contributed by atoms with E-state index in [1.807, 2.05) is 0 Å². The van der Waals surface area contributed by atoms with Crippen LogP contribution >= 0.6 is 0 Å². The van der Waals surface area contributed by atoms with Crippen LogP contribution in [0, 0.1) is 5.82 Å². The molecule has 0 fully saturated rings. The molecule has 1 aromatic rings. The number of benzene rings is 1. The van der Waals surface area contributed by atoms with Gasteiger partial charge in [0.1, 0.15) is 12.5 Å². The van der Waals surface area contributed by atoms with Gasteiger partial charge in [-0.15, -0.1) is 0 Å². The fraction of sp³-hybridized carbons (Fsp3) is 0.333. The zero-order valence-electron chi connectivity index (χ0n) is 7.48. The zero-order valence-corrected chi connectivity index (χ0v) is 7.48. The van der Waals surface area contributed by atoms with Gasteiger partial charge in [-0.25, -0.2) is 8.78 Å². The molecule has 1 aromatic carbocycles. The van der Waals surface area contributed by atoms with E-state index in [-0.39, 0.29) is 5.56 Å². The summed E-state index contributed by atoms with van der Waals surface area (Å²) in [4.78, 5) is 0. The standard InChI is InChI=1S/C9H8F5N/c10-4-8(15)6-2-1-5(3-7(6)11)9(12,13)14/h1-3,8H,4,15H2/t8-/m0/s1. The summed E-state index contributed by atoms with van der Waals surface area (Å²) >= 11 is 0. The Bertz CT molecular complexity index is 347. The first-order valence-electron chi connectivity index (χ1n) is 4.04. The quantitative estimate of drug-likeness (QED) is 0.769. The molecule has 0 spiro atoms. The van der Waals surface area contributed by atoms with E-state index >= 15 is 0 Å². The largest absolute Gasteiger partial charge is 0.416 e. The monoisotopic (exact) mass is 225 g/mol. The van der Waals surface area contributed by atoms with Crippen molar-refractivity contribution in [2.75, 3.05) is 6.67 Å². The van der Waals surface area contributed by atoms with Crippen LogP contribution < -0.4 is 5.73 Å². The van der Waals surface area contributed by atoms with Crippen LogP contribution in [0.15, 0.2) is 18.2 Å². The first kappa shape index (κ1) is 11.9. The molecule has 0 radical (unpaired) electrons. The molecule has 0 aromatic heterocycles. The minimum absolute atomic E-state index is 0.259. The van der Waals surface area contributed by atoms with Crippen LogP contribution in [0.25, 0.3) is 0 Å². The lowest BCUT2D eigenvalue weighted by atomic mass is 10.1. The second-order valence-electron chi connectivity index (χ2n) is 2.99. The highest BCUT2D eigenvalue weighted by Gasteiger charge is 2.31. The van der Waals surface area contributed by atoms with Crippen LogP contribution in [0.2, 0.25) is 0 Å². The Balaban J connectivity index is 3.09.